The van der Waals surface area contributed by atoms with Crippen LogP contribution in [0, 0.1) is 28.8 Å². The number of nitrogens with zero attached hydrogens (tertiary/aromatic N) is 1. The van der Waals surface area contributed by atoms with Gasteiger partial charge in [0.15, 0.2) is 11.6 Å². The second-order valence-corrected chi connectivity index (χ2v) is 3.04. The molecule has 0 aliphatic carbocycles. The molecule has 1 aromatic rings. The maximum absolute atomic E-state index is 13.0. The van der Waals surface area contributed by atoms with Crippen LogP contribution in [-0.2, 0) is 6.42 Å². The van der Waals surface area contributed by atoms with Crippen LogP contribution < -0.4 is 0 Å². The summed E-state index contributed by atoms with van der Waals surface area (Å²) in [6, 6.07) is 2.72. The third-order valence-electron chi connectivity index (χ3n) is 1.93. The molecule has 80 valence electrons. The van der Waals surface area contributed by atoms with Crippen LogP contribution in [0.1, 0.15) is 12.0 Å². The quantitative estimate of drug-likeness (QED) is 0.618. The zero-order valence-corrected chi connectivity index (χ0v) is 7.67. The van der Waals surface area contributed by atoms with E-state index >= 15 is 0 Å². The molecule has 2 nitrogen and oxygen atoms in total. The number of hydrogen-bond donors (Lipinski definition) is 1. The van der Waals surface area contributed by atoms with Gasteiger partial charge in [0.25, 0.3) is 0 Å². The van der Waals surface area contributed by atoms with Crippen LogP contribution in [0.2, 0.25) is 0 Å². The summed E-state index contributed by atoms with van der Waals surface area (Å²) < 4.78 is 38.2. The van der Waals surface area contributed by atoms with Crippen LogP contribution in [0.15, 0.2) is 12.1 Å². The molecule has 1 unspecified atom stereocenters. The highest BCUT2D eigenvalue weighted by molar-refractivity contribution is 5.20. The van der Waals surface area contributed by atoms with Gasteiger partial charge in [-0.3, -0.25) is 0 Å². The molecule has 1 aromatic carbocycles. The van der Waals surface area contributed by atoms with E-state index in [0.717, 1.165) is 6.07 Å². The molecule has 0 bridgehead atoms. The fourth-order valence-electron chi connectivity index (χ4n) is 1.11. The maximum Gasteiger partial charge on any atom is 0.161 e. The van der Waals surface area contributed by atoms with Gasteiger partial charge in [-0.2, -0.15) is 5.26 Å². The number of aliphatic hydroxyl groups is 1. The van der Waals surface area contributed by atoms with E-state index in [1.807, 2.05) is 0 Å². The van der Waals surface area contributed by atoms with Crippen LogP contribution in [0.5, 0.6) is 0 Å². The average molecular weight is 215 g/mol. The molecule has 0 heterocycles. The summed E-state index contributed by atoms with van der Waals surface area (Å²) in [7, 11) is 0. The van der Waals surface area contributed by atoms with E-state index in [4.69, 9.17) is 10.4 Å². The molecule has 0 aliphatic rings. The topological polar surface area (TPSA) is 44.0 Å². The largest absolute Gasteiger partial charge is 0.378 e. The molecule has 0 spiro atoms. The molecule has 15 heavy (non-hydrogen) atoms. The standard InChI is InChI=1S/C10H8F3NO/c11-8-4-10(13)9(12)3-6(8)1-2-7(15)5-14/h3-4,7,15H,1-2H2. The Bertz CT molecular complexity index is 400. The highest BCUT2D eigenvalue weighted by Crippen LogP contribution is 2.15. The van der Waals surface area contributed by atoms with Crippen LogP contribution >= 0.6 is 0 Å². The summed E-state index contributed by atoms with van der Waals surface area (Å²) in [6.45, 7) is 0. The molecule has 1 atom stereocenters. The summed E-state index contributed by atoms with van der Waals surface area (Å²) in [5.74, 6) is -3.27. The highest BCUT2D eigenvalue weighted by Gasteiger charge is 2.11. The normalized spacial score (nSPS) is 12.2. The molecule has 0 aliphatic heterocycles. The number of aryl methyl sites for hydroxylation is 1. The van der Waals surface area contributed by atoms with Crippen molar-refractivity contribution in [3.63, 3.8) is 0 Å². The van der Waals surface area contributed by atoms with Gasteiger partial charge in [0.2, 0.25) is 0 Å². The Morgan fingerprint density at radius 3 is 2.40 bits per heavy atom. The number of aliphatic hydroxyl groups excluding tert-OH is 1. The zero-order chi connectivity index (χ0) is 11.4. The van der Waals surface area contributed by atoms with E-state index in [1.165, 1.54) is 0 Å². The SMILES string of the molecule is N#CC(O)CCc1cc(F)c(F)cc1F. The molecular weight excluding hydrogens is 207 g/mol. The van der Waals surface area contributed by atoms with Crippen molar-refractivity contribution in [1.29, 1.82) is 5.26 Å². The van der Waals surface area contributed by atoms with Crippen LogP contribution in [0.3, 0.4) is 0 Å². The van der Waals surface area contributed by atoms with Crippen molar-refractivity contribution in [2.45, 2.75) is 18.9 Å². The van der Waals surface area contributed by atoms with Gasteiger partial charge in [-0.25, -0.2) is 13.2 Å². The minimum absolute atomic E-state index is 0.0154. The van der Waals surface area contributed by atoms with Gasteiger partial charge in [-0.1, -0.05) is 0 Å². The number of nitriles is 1. The Morgan fingerprint density at radius 2 is 1.80 bits per heavy atom. The lowest BCUT2D eigenvalue weighted by atomic mass is 10.1. The Balaban J connectivity index is 2.78. The molecule has 1 rings (SSSR count). The first-order chi connectivity index (χ1) is 7.04. The Labute approximate surface area is 84.6 Å². The third kappa shape index (κ3) is 2.96. The van der Waals surface area contributed by atoms with E-state index in [9.17, 15) is 13.2 Å². The van der Waals surface area contributed by atoms with Crippen molar-refractivity contribution in [2.24, 2.45) is 0 Å². The summed E-state index contributed by atoms with van der Waals surface area (Å²) >= 11 is 0. The van der Waals surface area contributed by atoms with E-state index in [0.29, 0.717) is 6.07 Å². The summed E-state index contributed by atoms with van der Waals surface area (Å²) in [5, 5.41) is 17.1. The van der Waals surface area contributed by atoms with Gasteiger partial charge in [-0.05, 0) is 24.5 Å². The van der Waals surface area contributed by atoms with Crippen molar-refractivity contribution in [1.82, 2.24) is 0 Å². The van der Waals surface area contributed by atoms with Crippen molar-refractivity contribution in [2.75, 3.05) is 0 Å². The Hall–Kier alpha value is -1.54. The van der Waals surface area contributed by atoms with Crippen molar-refractivity contribution in [3.05, 3.63) is 35.1 Å². The first kappa shape index (κ1) is 11.5. The van der Waals surface area contributed by atoms with Crippen molar-refractivity contribution < 1.29 is 18.3 Å². The zero-order valence-electron chi connectivity index (χ0n) is 7.67. The number of hydrogen-bond acceptors (Lipinski definition) is 2. The van der Waals surface area contributed by atoms with E-state index in [-0.39, 0.29) is 18.4 Å². The van der Waals surface area contributed by atoms with Crippen LogP contribution in [0.25, 0.3) is 0 Å². The van der Waals surface area contributed by atoms with Gasteiger partial charge in [0, 0.05) is 6.07 Å². The predicted octanol–water partition coefficient (Wildman–Crippen LogP) is 1.92. The number of rotatable bonds is 3. The molecule has 0 saturated heterocycles. The minimum atomic E-state index is -1.25. The van der Waals surface area contributed by atoms with Gasteiger partial charge in [0.1, 0.15) is 11.9 Å². The first-order valence-electron chi connectivity index (χ1n) is 4.25. The van der Waals surface area contributed by atoms with Crippen molar-refractivity contribution >= 4 is 0 Å². The molecular formula is C10H8F3NO. The number of benzene rings is 1. The van der Waals surface area contributed by atoms with E-state index in [1.54, 1.807) is 6.07 Å². The first-order valence-corrected chi connectivity index (χ1v) is 4.25. The summed E-state index contributed by atoms with van der Waals surface area (Å²) in [4.78, 5) is 0. The van der Waals surface area contributed by atoms with Gasteiger partial charge in [0.05, 0.1) is 6.07 Å². The average Bonchev–Trinajstić information content (AvgIpc) is 2.21. The molecule has 5 heteroatoms. The Kier molecular flexibility index (Phi) is 3.69. The minimum Gasteiger partial charge on any atom is -0.378 e. The van der Waals surface area contributed by atoms with Gasteiger partial charge < -0.3 is 5.11 Å². The summed E-state index contributed by atoms with van der Waals surface area (Å²) in [5.41, 5.74) is -0.0526. The smallest absolute Gasteiger partial charge is 0.161 e. The lowest BCUT2D eigenvalue weighted by Crippen LogP contribution is -2.05. The Morgan fingerprint density at radius 1 is 1.20 bits per heavy atom. The third-order valence-corrected chi connectivity index (χ3v) is 1.93. The summed E-state index contributed by atoms with van der Waals surface area (Å²) in [6.07, 6.45) is -1.26. The molecule has 0 fully saturated rings. The van der Waals surface area contributed by atoms with Gasteiger partial charge >= 0.3 is 0 Å². The second kappa shape index (κ2) is 4.80. The maximum atomic E-state index is 13.0. The van der Waals surface area contributed by atoms with Crippen LogP contribution in [0.4, 0.5) is 13.2 Å². The molecule has 1 N–H and O–H groups in total. The van der Waals surface area contributed by atoms with E-state index < -0.39 is 23.6 Å². The fraction of sp³-hybridized carbons (Fsp3) is 0.300. The van der Waals surface area contributed by atoms with Crippen molar-refractivity contribution in [3.8, 4) is 6.07 Å². The van der Waals surface area contributed by atoms with Crippen LogP contribution in [-0.4, -0.2) is 11.2 Å². The fourth-order valence-corrected chi connectivity index (χ4v) is 1.11. The second-order valence-electron chi connectivity index (χ2n) is 3.04. The number of halogens is 3. The predicted molar refractivity (Wildman–Crippen MR) is 46.3 cm³/mol. The molecule has 0 radical (unpaired) electrons. The molecule has 0 saturated carbocycles. The molecule has 0 amide bonds. The van der Waals surface area contributed by atoms with E-state index in [2.05, 4.69) is 0 Å². The lowest BCUT2D eigenvalue weighted by Gasteiger charge is -2.04. The molecule has 0 aromatic heterocycles. The van der Waals surface area contributed by atoms with Gasteiger partial charge in [-0.15, -0.1) is 0 Å². The monoisotopic (exact) mass is 215 g/mol. The lowest BCUT2D eigenvalue weighted by molar-refractivity contribution is 0.219. The highest BCUT2D eigenvalue weighted by atomic mass is 19.2.